The van der Waals surface area contributed by atoms with Crippen molar-refractivity contribution in [2.75, 3.05) is 32.2 Å². The minimum Gasteiger partial charge on any atom is -0.383 e. The van der Waals surface area contributed by atoms with Crippen LogP contribution in [0.2, 0.25) is 0 Å². The molecule has 0 fully saturated rings. The lowest BCUT2D eigenvalue weighted by Crippen LogP contribution is -2.21. The van der Waals surface area contributed by atoms with E-state index in [2.05, 4.69) is 23.1 Å². The second-order valence-electron chi connectivity index (χ2n) is 5.04. The maximum Gasteiger partial charge on any atom is 0.0998 e. The van der Waals surface area contributed by atoms with E-state index in [9.17, 15) is 5.26 Å². The topological polar surface area (TPSA) is 36.3 Å². The molecule has 0 bridgehead atoms. The number of ether oxygens (including phenoxy) is 1. The molecule has 22 heavy (non-hydrogen) atoms. The average molecular weight is 292 g/mol. The third kappa shape index (κ3) is 4.21. The predicted octanol–water partition coefficient (Wildman–Crippen LogP) is 3.83. The summed E-state index contributed by atoms with van der Waals surface area (Å²) >= 11 is 0. The van der Waals surface area contributed by atoms with E-state index >= 15 is 0 Å². The van der Waals surface area contributed by atoms with E-state index in [0.717, 1.165) is 23.4 Å². The minimum atomic E-state index is 0.668. The van der Waals surface area contributed by atoms with Gasteiger partial charge in [-0.1, -0.05) is 42.5 Å². The Balaban J connectivity index is 2.16. The molecule has 0 saturated carbocycles. The van der Waals surface area contributed by atoms with Crippen molar-refractivity contribution in [3.05, 3.63) is 65.7 Å². The molecule has 0 aromatic heterocycles. The molecule has 0 radical (unpaired) electrons. The van der Waals surface area contributed by atoms with Gasteiger partial charge in [-0.3, -0.25) is 0 Å². The first kappa shape index (κ1) is 15.8. The molecule has 0 saturated heterocycles. The summed E-state index contributed by atoms with van der Waals surface area (Å²) in [4.78, 5) is 2.14. The van der Waals surface area contributed by atoms with Gasteiger partial charge in [0.05, 0.1) is 18.2 Å². The van der Waals surface area contributed by atoms with Crippen LogP contribution in [-0.4, -0.2) is 27.3 Å². The Kier molecular flexibility index (Phi) is 5.76. The smallest absolute Gasteiger partial charge is 0.0998 e. The molecule has 0 spiro atoms. The number of anilines is 1. The first-order valence-electron chi connectivity index (χ1n) is 7.22. The first-order chi connectivity index (χ1) is 10.7. The maximum atomic E-state index is 9.34. The van der Waals surface area contributed by atoms with E-state index in [1.165, 1.54) is 0 Å². The molecule has 0 unspecified atom stereocenters. The molecule has 0 N–H and O–H groups in total. The van der Waals surface area contributed by atoms with Gasteiger partial charge in [0.15, 0.2) is 0 Å². The van der Waals surface area contributed by atoms with Gasteiger partial charge >= 0.3 is 0 Å². The quantitative estimate of drug-likeness (QED) is 0.599. The number of benzene rings is 2. The zero-order chi connectivity index (χ0) is 15.8. The summed E-state index contributed by atoms with van der Waals surface area (Å²) in [6, 6.07) is 20.2. The van der Waals surface area contributed by atoms with Gasteiger partial charge in [0.1, 0.15) is 0 Å². The van der Waals surface area contributed by atoms with Gasteiger partial charge in [-0.2, -0.15) is 5.26 Å². The Morgan fingerprint density at radius 2 is 1.82 bits per heavy atom. The third-order valence-corrected chi connectivity index (χ3v) is 3.48. The van der Waals surface area contributed by atoms with Crippen molar-refractivity contribution < 1.29 is 4.74 Å². The average Bonchev–Trinajstić information content (AvgIpc) is 2.58. The number of methoxy groups -OCH3 is 1. The second-order valence-corrected chi connectivity index (χ2v) is 5.04. The van der Waals surface area contributed by atoms with Crippen LogP contribution in [0.25, 0.3) is 11.6 Å². The molecule has 0 amide bonds. The summed E-state index contributed by atoms with van der Waals surface area (Å²) in [5, 5.41) is 9.34. The Bertz CT molecular complexity index is 654. The number of nitrogens with zero attached hydrogens (tertiary/aromatic N) is 2. The summed E-state index contributed by atoms with van der Waals surface area (Å²) < 4.78 is 5.09. The third-order valence-electron chi connectivity index (χ3n) is 3.48. The zero-order valence-corrected chi connectivity index (χ0v) is 13.0. The Morgan fingerprint density at radius 3 is 2.41 bits per heavy atom. The van der Waals surface area contributed by atoms with E-state index < -0.39 is 0 Å². The fraction of sp³-hybridized carbons (Fsp3) is 0.211. The van der Waals surface area contributed by atoms with Gasteiger partial charge in [-0.25, -0.2) is 0 Å². The van der Waals surface area contributed by atoms with Gasteiger partial charge in [0, 0.05) is 26.4 Å². The van der Waals surface area contributed by atoms with Crippen molar-refractivity contribution in [3.63, 3.8) is 0 Å². The molecular formula is C19H20N2O. The molecule has 0 aliphatic heterocycles. The standard InChI is InChI=1S/C19H20N2O/c1-21(12-13-22-2)19-10-8-16(9-11-19)14-18(15-20)17-6-4-3-5-7-17/h3-11,14H,12-13H2,1-2H3/b18-14+. The van der Waals surface area contributed by atoms with E-state index in [-0.39, 0.29) is 0 Å². The van der Waals surface area contributed by atoms with Crippen LogP contribution in [0, 0.1) is 11.3 Å². The zero-order valence-electron chi connectivity index (χ0n) is 13.0. The summed E-state index contributed by atoms with van der Waals surface area (Å²) in [5.74, 6) is 0. The van der Waals surface area contributed by atoms with Crippen LogP contribution in [-0.2, 0) is 4.74 Å². The van der Waals surface area contributed by atoms with E-state index in [4.69, 9.17) is 4.74 Å². The largest absolute Gasteiger partial charge is 0.383 e. The predicted molar refractivity (Wildman–Crippen MR) is 91.5 cm³/mol. The van der Waals surface area contributed by atoms with E-state index in [1.807, 2.05) is 55.6 Å². The van der Waals surface area contributed by atoms with Crippen molar-refractivity contribution >= 4 is 17.3 Å². The highest BCUT2D eigenvalue weighted by molar-refractivity contribution is 5.89. The van der Waals surface area contributed by atoms with Gasteiger partial charge < -0.3 is 9.64 Å². The molecule has 0 atom stereocenters. The first-order valence-corrected chi connectivity index (χ1v) is 7.22. The van der Waals surface area contributed by atoms with Crippen LogP contribution >= 0.6 is 0 Å². The van der Waals surface area contributed by atoms with Crippen LogP contribution in [0.5, 0.6) is 0 Å². The summed E-state index contributed by atoms with van der Waals surface area (Å²) in [6.45, 7) is 1.55. The molecule has 2 aromatic rings. The highest BCUT2D eigenvalue weighted by Crippen LogP contribution is 2.19. The van der Waals surface area contributed by atoms with Crippen LogP contribution in [0.3, 0.4) is 0 Å². The Hall–Kier alpha value is -2.57. The van der Waals surface area contributed by atoms with Crippen molar-refractivity contribution in [1.82, 2.24) is 0 Å². The molecule has 0 aliphatic carbocycles. The molecule has 2 rings (SSSR count). The molecule has 0 heterocycles. The number of likely N-dealkylation sites (N-methyl/N-ethyl adjacent to an activating group) is 1. The van der Waals surface area contributed by atoms with Gasteiger partial charge in [0.25, 0.3) is 0 Å². The highest BCUT2D eigenvalue weighted by Gasteiger charge is 2.02. The van der Waals surface area contributed by atoms with Gasteiger partial charge in [-0.15, -0.1) is 0 Å². The molecule has 3 nitrogen and oxygen atoms in total. The highest BCUT2D eigenvalue weighted by atomic mass is 16.5. The normalized spacial score (nSPS) is 11.0. The van der Waals surface area contributed by atoms with Crippen LogP contribution < -0.4 is 4.90 Å². The molecular weight excluding hydrogens is 272 g/mol. The lowest BCUT2D eigenvalue weighted by molar-refractivity contribution is 0.206. The molecule has 0 aliphatic rings. The number of nitriles is 1. The van der Waals surface area contributed by atoms with Gasteiger partial charge in [0.2, 0.25) is 0 Å². The van der Waals surface area contributed by atoms with E-state index in [0.29, 0.717) is 12.2 Å². The Morgan fingerprint density at radius 1 is 1.14 bits per heavy atom. The summed E-state index contributed by atoms with van der Waals surface area (Å²) in [7, 11) is 3.74. The van der Waals surface area contributed by atoms with Crippen molar-refractivity contribution in [3.8, 4) is 6.07 Å². The number of hydrogen-bond acceptors (Lipinski definition) is 3. The van der Waals surface area contributed by atoms with Crippen molar-refractivity contribution in [2.24, 2.45) is 0 Å². The minimum absolute atomic E-state index is 0.668. The summed E-state index contributed by atoms with van der Waals surface area (Å²) in [5.41, 5.74) is 3.75. The summed E-state index contributed by atoms with van der Waals surface area (Å²) in [6.07, 6.45) is 1.91. The van der Waals surface area contributed by atoms with Crippen LogP contribution in [0.15, 0.2) is 54.6 Å². The second kappa shape index (κ2) is 8.02. The number of rotatable bonds is 6. The van der Waals surface area contributed by atoms with Crippen molar-refractivity contribution in [2.45, 2.75) is 0 Å². The fourth-order valence-corrected chi connectivity index (χ4v) is 2.15. The van der Waals surface area contributed by atoms with Crippen molar-refractivity contribution in [1.29, 1.82) is 5.26 Å². The van der Waals surface area contributed by atoms with Gasteiger partial charge in [-0.05, 0) is 29.3 Å². The monoisotopic (exact) mass is 292 g/mol. The van der Waals surface area contributed by atoms with E-state index in [1.54, 1.807) is 7.11 Å². The maximum absolute atomic E-state index is 9.34. The Labute approximate surface area is 132 Å². The molecule has 112 valence electrons. The number of allylic oxidation sites excluding steroid dienone is 1. The lowest BCUT2D eigenvalue weighted by Gasteiger charge is -2.18. The fourth-order valence-electron chi connectivity index (χ4n) is 2.15. The lowest BCUT2D eigenvalue weighted by atomic mass is 10.0. The van der Waals surface area contributed by atoms with Crippen LogP contribution in [0.4, 0.5) is 5.69 Å². The molecule has 2 aromatic carbocycles. The molecule has 3 heteroatoms. The SMILES string of the molecule is COCCN(C)c1ccc(/C=C(\C#N)c2ccccc2)cc1. The number of hydrogen-bond donors (Lipinski definition) is 0. The van der Waals surface area contributed by atoms with Crippen LogP contribution in [0.1, 0.15) is 11.1 Å².